The van der Waals surface area contributed by atoms with E-state index in [2.05, 4.69) is 9.72 Å². The molecule has 0 spiro atoms. The molecule has 2 heterocycles. The van der Waals surface area contributed by atoms with Crippen molar-refractivity contribution in [1.29, 1.82) is 0 Å². The van der Waals surface area contributed by atoms with E-state index < -0.39 is 10.9 Å². The molecule has 1 aliphatic rings. The molecule has 0 bridgehead atoms. The second kappa shape index (κ2) is 6.49. The molecule has 0 aliphatic carbocycles. The van der Waals surface area contributed by atoms with Crippen molar-refractivity contribution in [3.8, 4) is 0 Å². The van der Waals surface area contributed by atoms with Gasteiger partial charge < -0.3 is 14.4 Å². The Hall–Kier alpha value is -2.22. The lowest BCUT2D eigenvalue weighted by molar-refractivity contribution is -0.384. The van der Waals surface area contributed by atoms with Crippen LogP contribution in [0.2, 0.25) is 0 Å². The van der Waals surface area contributed by atoms with Crippen LogP contribution in [0.1, 0.15) is 23.8 Å². The number of methoxy groups -OCH3 is 1. The zero-order valence-corrected chi connectivity index (χ0v) is 11.9. The van der Waals surface area contributed by atoms with E-state index in [0.29, 0.717) is 19.8 Å². The molecule has 0 saturated carbocycles. The van der Waals surface area contributed by atoms with Gasteiger partial charge in [0.05, 0.1) is 31.3 Å². The number of pyridine rings is 1. The average molecular weight is 295 g/mol. The van der Waals surface area contributed by atoms with Crippen LogP contribution in [-0.4, -0.2) is 48.8 Å². The summed E-state index contributed by atoms with van der Waals surface area (Å²) in [4.78, 5) is 28.3. The van der Waals surface area contributed by atoms with Crippen LogP contribution in [0, 0.1) is 10.1 Å². The minimum atomic E-state index is -0.618. The largest absolute Gasteiger partial charge is 0.464 e. The van der Waals surface area contributed by atoms with E-state index in [9.17, 15) is 14.9 Å². The summed E-state index contributed by atoms with van der Waals surface area (Å²) in [6.07, 6.45) is 0.765. The summed E-state index contributed by atoms with van der Waals surface area (Å²) in [5.41, 5.74) is -0.0672. The van der Waals surface area contributed by atoms with E-state index in [4.69, 9.17) is 4.74 Å². The summed E-state index contributed by atoms with van der Waals surface area (Å²) in [6, 6.07) is 2.59. The third kappa shape index (κ3) is 3.10. The van der Waals surface area contributed by atoms with Crippen molar-refractivity contribution < 1.29 is 19.2 Å². The Labute approximate surface area is 121 Å². The molecule has 1 saturated heterocycles. The average Bonchev–Trinajstić information content (AvgIpc) is 2.53. The molecular weight excluding hydrogens is 278 g/mol. The van der Waals surface area contributed by atoms with Crippen LogP contribution in [0.5, 0.6) is 0 Å². The molecule has 0 amide bonds. The zero-order chi connectivity index (χ0) is 15.4. The quantitative estimate of drug-likeness (QED) is 0.470. The van der Waals surface area contributed by atoms with Gasteiger partial charge in [-0.3, -0.25) is 10.1 Å². The fourth-order valence-electron chi connectivity index (χ4n) is 2.29. The van der Waals surface area contributed by atoms with Crippen molar-refractivity contribution in [3.05, 3.63) is 27.9 Å². The number of nitro groups is 1. The van der Waals surface area contributed by atoms with Crippen molar-refractivity contribution >= 4 is 17.5 Å². The van der Waals surface area contributed by atoms with Crippen LogP contribution in [0.4, 0.5) is 11.5 Å². The summed E-state index contributed by atoms with van der Waals surface area (Å²) >= 11 is 0. The smallest absolute Gasteiger partial charge is 0.356 e. The van der Waals surface area contributed by atoms with Crippen LogP contribution >= 0.6 is 0 Å². The van der Waals surface area contributed by atoms with Crippen LogP contribution in [0.25, 0.3) is 0 Å². The zero-order valence-electron chi connectivity index (χ0n) is 11.9. The van der Waals surface area contributed by atoms with E-state index in [1.165, 1.54) is 19.2 Å². The van der Waals surface area contributed by atoms with Crippen LogP contribution in [-0.2, 0) is 9.47 Å². The molecule has 1 fully saturated rings. The highest BCUT2D eigenvalue weighted by atomic mass is 16.6. The lowest BCUT2D eigenvalue weighted by Gasteiger charge is -2.35. The molecule has 1 aliphatic heterocycles. The molecule has 8 heteroatoms. The van der Waals surface area contributed by atoms with E-state index in [0.717, 1.165) is 6.42 Å². The highest BCUT2D eigenvalue weighted by Crippen LogP contribution is 2.29. The van der Waals surface area contributed by atoms with Gasteiger partial charge in [-0.05, 0) is 12.5 Å². The maximum absolute atomic E-state index is 11.6. The summed E-state index contributed by atoms with van der Waals surface area (Å²) in [6.45, 7) is 3.43. The Kier molecular flexibility index (Phi) is 4.69. The van der Waals surface area contributed by atoms with E-state index in [1.54, 1.807) is 0 Å². The molecule has 0 N–H and O–H groups in total. The normalized spacial score (nSPS) is 18.4. The lowest BCUT2D eigenvalue weighted by atomic mass is 10.1. The first-order valence-corrected chi connectivity index (χ1v) is 6.66. The van der Waals surface area contributed by atoms with Gasteiger partial charge in [0.2, 0.25) is 5.82 Å². The van der Waals surface area contributed by atoms with Gasteiger partial charge in [0.25, 0.3) is 0 Å². The minimum absolute atomic E-state index is 0.00199. The topological polar surface area (TPSA) is 94.8 Å². The third-order valence-electron chi connectivity index (χ3n) is 3.42. The fraction of sp³-hybridized carbons (Fsp3) is 0.538. The first-order valence-electron chi connectivity index (χ1n) is 6.66. The van der Waals surface area contributed by atoms with Gasteiger partial charge in [-0.15, -0.1) is 0 Å². The predicted octanol–water partition coefficient (Wildman–Crippen LogP) is 1.39. The van der Waals surface area contributed by atoms with Gasteiger partial charge in [-0.25, -0.2) is 9.78 Å². The van der Waals surface area contributed by atoms with Gasteiger partial charge in [0.1, 0.15) is 0 Å². The van der Waals surface area contributed by atoms with E-state index in [-0.39, 0.29) is 23.2 Å². The Balaban J connectivity index is 2.46. The van der Waals surface area contributed by atoms with Crippen LogP contribution < -0.4 is 4.90 Å². The van der Waals surface area contributed by atoms with Gasteiger partial charge in [0.15, 0.2) is 5.69 Å². The van der Waals surface area contributed by atoms with Gasteiger partial charge in [-0.2, -0.15) is 0 Å². The summed E-state index contributed by atoms with van der Waals surface area (Å²) in [5.74, 6) is -0.425. The Morgan fingerprint density at radius 3 is 3.00 bits per heavy atom. The van der Waals surface area contributed by atoms with Crippen molar-refractivity contribution in [1.82, 2.24) is 4.98 Å². The van der Waals surface area contributed by atoms with Crippen molar-refractivity contribution in [3.63, 3.8) is 0 Å². The second-order valence-corrected chi connectivity index (χ2v) is 4.62. The Morgan fingerprint density at radius 1 is 1.62 bits per heavy atom. The predicted molar refractivity (Wildman–Crippen MR) is 74.5 cm³/mol. The van der Waals surface area contributed by atoms with Crippen molar-refractivity contribution in [2.45, 2.75) is 19.4 Å². The molecule has 2 rings (SSSR count). The number of rotatable bonds is 4. The molecule has 8 nitrogen and oxygen atoms in total. The summed E-state index contributed by atoms with van der Waals surface area (Å²) in [7, 11) is 1.24. The van der Waals surface area contributed by atoms with Crippen LogP contribution in [0.3, 0.4) is 0 Å². The molecule has 1 unspecified atom stereocenters. The number of carbonyl (C=O) groups is 1. The summed E-state index contributed by atoms with van der Waals surface area (Å²) < 4.78 is 10.0. The molecular formula is C13H17N3O5. The van der Waals surface area contributed by atoms with Crippen LogP contribution in [0.15, 0.2) is 12.1 Å². The first-order chi connectivity index (χ1) is 10.1. The number of esters is 1. The molecule has 21 heavy (non-hydrogen) atoms. The highest BCUT2D eigenvalue weighted by molar-refractivity contribution is 5.88. The standard InChI is InChI=1S/C13H17N3O5/c1-3-9-8-21-7-6-15(9)12-11(16(18)19)5-4-10(14-12)13(17)20-2/h4-5,9H,3,6-8H2,1-2H3. The number of morpholine rings is 1. The Morgan fingerprint density at radius 2 is 2.38 bits per heavy atom. The highest BCUT2D eigenvalue weighted by Gasteiger charge is 2.30. The third-order valence-corrected chi connectivity index (χ3v) is 3.42. The van der Waals surface area contributed by atoms with Gasteiger partial charge in [0, 0.05) is 12.6 Å². The van der Waals surface area contributed by atoms with Crippen molar-refractivity contribution in [2.24, 2.45) is 0 Å². The number of carbonyl (C=O) groups excluding carboxylic acids is 1. The number of ether oxygens (including phenoxy) is 2. The molecule has 0 radical (unpaired) electrons. The maximum atomic E-state index is 11.6. The number of aromatic nitrogens is 1. The summed E-state index contributed by atoms with van der Waals surface area (Å²) in [5, 5.41) is 11.2. The first kappa shape index (κ1) is 15.2. The molecule has 1 aromatic rings. The SMILES string of the molecule is CCC1COCCN1c1nc(C(=O)OC)ccc1[N+](=O)[O-]. The number of nitrogens with zero attached hydrogens (tertiary/aromatic N) is 3. The van der Waals surface area contributed by atoms with Gasteiger partial charge >= 0.3 is 11.7 Å². The number of hydrogen-bond acceptors (Lipinski definition) is 7. The van der Waals surface area contributed by atoms with E-state index in [1.807, 2.05) is 11.8 Å². The minimum Gasteiger partial charge on any atom is -0.464 e. The second-order valence-electron chi connectivity index (χ2n) is 4.62. The number of anilines is 1. The monoisotopic (exact) mass is 295 g/mol. The lowest BCUT2D eigenvalue weighted by Crippen LogP contribution is -2.46. The molecule has 0 aromatic carbocycles. The molecule has 114 valence electrons. The number of hydrogen-bond donors (Lipinski definition) is 0. The van der Waals surface area contributed by atoms with E-state index >= 15 is 0 Å². The fourth-order valence-corrected chi connectivity index (χ4v) is 2.29. The van der Waals surface area contributed by atoms with Crippen molar-refractivity contribution in [2.75, 3.05) is 31.8 Å². The molecule has 1 atom stereocenters. The van der Waals surface area contributed by atoms with Gasteiger partial charge in [-0.1, -0.05) is 6.92 Å². The maximum Gasteiger partial charge on any atom is 0.356 e. The molecule has 1 aromatic heterocycles. The Bertz CT molecular complexity index is 549.